The van der Waals surface area contributed by atoms with Crippen molar-refractivity contribution in [2.75, 3.05) is 5.32 Å². The molecule has 0 unspecified atom stereocenters. The molecule has 0 bridgehead atoms. The van der Waals surface area contributed by atoms with Gasteiger partial charge in [-0.25, -0.2) is 4.79 Å². The van der Waals surface area contributed by atoms with E-state index in [9.17, 15) is 19.2 Å². The third-order valence-corrected chi connectivity index (χ3v) is 3.82. The van der Waals surface area contributed by atoms with Gasteiger partial charge in [-0.15, -0.1) is 0 Å². The van der Waals surface area contributed by atoms with Crippen molar-refractivity contribution in [1.82, 2.24) is 10.6 Å². The molecule has 1 saturated heterocycles. The van der Waals surface area contributed by atoms with E-state index in [4.69, 9.17) is 4.74 Å². The lowest BCUT2D eigenvalue weighted by molar-refractivity contribution is -0.153. The Morgan fingerprint density at radius 2 is 2.00 bits per heavy atom. The van der Waals surface area contributed by atoms with E-state index in [1.807, 2.05) is 32.0 Å². The lowest BCUT2D eigenvalue weighted by atomic mass is 10.1. The number of hydrogen-bond donors (Lipinski definition) is 3. The summed E-state index contributed by atoms with van der Waals surface area (Å²) in [6, 6.07) is 4.33. The van der Waals surface area contributed by atoms with Gasteiger partial charge in [0, 0.05) is 12.1 Å². The first-order valence-electron chi connectivity index (χ1n) is 7.95. The fourth-order valence-electron chi connectivity index (χ4n) is 2.34. The van der Waals surface area contributed by atoms with Gasteiger partial charge in [-0.3, -0.25) is 19.7 Å². The summed E-state index contributed by atoms with van der Waals surface area (Å²) >= 11 is 0. The predicted molar refractivity (Wildman–Crippen MR) is 89.8 cm³/mol. The van der Waals surface area contributed by atoms with Crippen molar-refractivity contribution in [2.24, 2.45) is 0 Å². The lowest BCUT2D eigenvalue weighted by Gasteiger charge is -2.15. The first kappa shape index (κ1) is 18.4. The molecule has 25 heavy (non-hydrogen) atoms. The van der Waals surface area contributed by atoms with E-state index in [1.165, 1.54) is 6.92 Å². The molecule has 3 N–H and O–H groups in total. The van der Waals surface area contributed by atoms with E-state index in [0.29, 0.717) is 5.69 Å². The Hall–Kier alpha value is -2.90. The summed E-state index contributed by atoms with van der Waals surface area (Å²) in [5, 5.41) is 7.20. The van der Waals surface area contributed by atoms with Crippen molar-refractivity contribution in [3.05, 3.63) is 29.3 Å². The number of benzene rings is 1. The van der Waals surface area contributed by atoms with E-state index in [1.54, 1.807) is 0 Å². The fourth-order valence-corrected chi connectivity index (χ4v) is 2.34. The molecule has 0 radical (unpaired) electrons. The molecule has 1 fully saturated rings. The SMILES string of the molecule is Cc1ccc(C)c(NC(=O)[C@@H](C)OC(=O)CC[C@@H]2NC(=O)NC2=O)c1. The van der Waals surface area contributed by atoms with Gasteiger partial charge in [0.15, 0.2) is 6.10 Å². The molecule has 4 amide bonds. The standard InChI is InChI=1S/C17H21N3O5/c1-9-4-5-10(2)13(8-9)18-15(22)11(3)25-14(21)7-6-12-16(23)20-17(24)19-12/h4-5,8,11-12H,6-7H2,1-3H3,(H,18,22)(H2,19,20,23,24)/t11-,12+/m1/s1. The van der Waals surface area contributed by atoms with E-state index < -0.39 is 36.0 Å². The highest BCUT2D eigenvalue weighted by atomic mass is 16.5. The molecule has 1 aliphatic heterocycles. The molecule has 0 saturated carbocycles. The van der Waals surface area contributed by atoms with Crippen molar-refractivity contribution in [1.29, 1.82) is 0 Å². The summed E-state index contributed by atoms with van der Waals surface area (Å²) in [6.45, 7) is 5.26. The maximum Gasteiger partial charge on any atom is 0.322 e. The van der Waals surface area contributed by atoms with Gasteiger partial charge in [-0.05, 0) is 44.4 Å². The van der Waals surface area contributed by atoms with Crippen LogP contribution in [-0.4, -0.2) is 36.0 Å². The molecule has 1 heterocycles. The number of carbonyl (C=O) groups is 4. The minimum Gasteiger partial charge on any atom is -0.453 e. The van der Waals surface area contributed by atoms with Crippen molar-refractivity contribution < 1.29 is 23.9 Å². The Kier molecular flexibility index (Phi) is 5.74. The molecule has 0 aliphatic carbocycles. The number of ether oxygens (including phenoxy) is 1. The van der Waals surface area contributed by atoms with Crippen LogP contribution in [0.4, 0.5) is 10.5 Å². The largest absolute Gasteiger partial charge is 0.453 e. The number of hydrogen-bond acceptors (Lipinski definition) is 5. The molecule has 2 rings (SSSR count). The number of nitrogens with one attached hydrogen (secondary N) is 3. The van der Waals surface area contributed by atoms with Crippen LogP contribution in [0.2, 0.25) is 0 Å². The summed E-state index contributed by atoms with van der Waals surface area (Å²) in [5.74, 6) is -1.52. The first-order chi connectivity index (χ1) is 11.8. The lowest BCUT2D eigenvalue weighted by Crippen LogP contribution is -2.32. The van der Waals surface area contributed by atoms with Gasteiger partial charge < -0.3 is 15.4 Å². The highest BCUT2D eigenvalue weighted by molar-refractivity contribution is 6.04. The normalized spacial score (nSPS) is 17.5. The van der Waals surface area contributed by atoms with Gasteiger partial charge in [-0.2, -0.15) is 0 Å². The molecule has 134 valence electrons. The summed E-state index contributed by atoms with van der Waals surface area (Å²) in [4.78, 5) is 46.4. The number of urea groups is 1. The zero-order valence-electron chi connectivity index (χ0n) is 14.3. The molecule has 1 aliphatic rings. The molecule has 1 aromatic carbocycles. The van der Waals surface area contributed by atoms with Crippen LogP contribution in [-0.2, 0) is 19.1 Å². The van der Waals surface area contributed by atoms with Crippen LogP contribution in [0.15, 0.2) is 18.2 Å². The summed E-state index contributed by atoms with van der Waals surface area (Å²) in [5.41, 5.74) is 2.57. The number of amides is 4. The van der Waals surface area contributed by atoms with Crippen LogP contribution in [0.1, 0.15) is 30.9 Å². The number of rotatable bonds is 6. The maximum absolute atomic E-state index is 12.2. The number of carbonyl (C=O) groups excluding carboxylic acids is 4. The highest BCUT2D eigenvalue weighted by Gasteiger charge is 2.30. The van der Waals surface area contributed by atoms with E-state index in [2.05, 4.69) is 16.0 Å². The van der Waals surface area contributed by atoms with Crippen LogP contribution in [0, 0.1) is 13.8 Å². The van der Waals surface area contributed by atoms with Crippen molar-refractivity contribution >= 4 is 29.5 Å². The van der Waals surface area contributed by atoms with E-state index >= 15 is 0 Å². The zero-order chi connectivity index (χ0) is 18.6. The minimum atomic E-state index is -0.973. The zero-order valence-corrected chi connectivity index (χ0v) is 14.3. The quantitative estimate of drug-likeness (QED) is 0.528. The van der Waals surface area contributed by atoms with Crippen LogP contribution in [0.25, 0.3) is 0 Å². The topological polar surface area (TPSA) is 114 Å². The summed E-state index contributed by atoms with van der Waals surface area (Å²) in [7, 11) is 0. The average Bonchev–Trinajstić information content (AvgIpc) is 2.86. The number of imide groups is 1. The van der Waals surface area contributed by atoms with Crippen molar-refractivity contribution in [3.63, 3.8) is 0 Å². The van der Waals surface area contributed by atoms with Crippen LogP contribution >= 0.6 is 0 Å². The Bertz CT molecular complexity index is 716. The number of anilines is 1. The Balaban J connectivity index is 1.82. The highest BCUT2D eigenvalue weighted by Crippen LogP contribution is 2.17. The second-order valence-corrected chi connectivity index (χ2v) is 5.99. The van der Waals surface area contributed by atoms with E-state index in [0.717, 1.165) is 11.1 Å². The summed E-state index contributed by atoms with van der Waals surface area (Å²) in [6.07, 6.45) is -0.944. The Labute approximate surface area is 145 Å². The number of esters is 1. The van der Waals surface area contributed by atoms with Crippen LogP contribution in [0.3, 0.4) is 0 Å². The Morgan fingerprint density at radius 1 is 1.28 bits per heavy atom. The van der Waals surface area contributed by atoms with Gasteiger partial charge in [-0.1, -0.05) is 12.1 Å². The molecule has 2 atom stereocenters. The van der Waals surface area contributed by atoms with Gasteiger partial charge in [0.05, 0.1) is 0 Å². The van der Waals surface area contributed by atoms with Gasteiger partial charge in [0.2, 0.25) is 0 Å². The smallest absolute Gasteiger partial charge is 0.322 e. The molecular weight excluding hydrogens is 326 g/mol. The third kappa shape index (κ3) is 5.03. The maximum atomic E-state index is 12.2. The van der Waals surface area contributed by atoms with E-state index in [-0.39, 0.29) is 12.8 Å². The second-order valence-electron chi connectivity index (χ2n) is 5.99. The third-order valence-electron chi connectivity index (χ3n) is 3.82. The van der Waals surface area contributed by atoms with Gasteiger partial charge in [0.25, 0.3) is 11.8 Å². The first-order valence-corrected chi connectivity index (χ1v) is 7.95. The van der Waals surface area contributed by atoms with Crippen LogP contribution in [0.5, 0.6) is 0 Å². The fraction of sp³-hybridized carbons (Fsp3) is 0.412. The summed E-state index contributed by atoms with van der Waals surface area (Å²) < 4.78 is 5.08. The monoisotopic (exact) mass is 347 g/mol. The predicted octanol–water partition coefficient (Wildman–Crippen LogP) is 1.16. The second kappa shape index (κ2) is 7.78. The average molecular weight is 347 g/mol. The van der Waals surface area contributed by atoms with Gasteiger partial charge >= 0.3 is 12.0 Å². The molecule has 8 nitrogen and oxygen atoms in total. The van der Waals surface area contributed by atoms with Crippen LogP contribution < -0.4 is 16.0 Å². The molecule has 0 aromatic heterocycles. The Morgan fingerprint density at radius 3 is 2.64 bits per heavy atom. The molecule has 8 heteroatoms. The number of aryl methyl sites for hydroxylation is 2. The molecular formula is C17H21N3O5. The minimum absolute atomic E-state index is 0.0839. The van der Waals surface area contributed by atoms with Crippen molar-refractivity contribution in [3.8, 4) is 0 Å². The van der Waals surface area contributed by atoms with Gasteiger partial charge in [0.1, 0.15) is 6.04 Å². The van der Waals surface area contributed by atoms with Crippen molar-refractivity contribution in [2.45, 2.75) is 45.8 Å². The molecule has 1 aromatic rings. The molecule has 0 spiro atoms.